The summed E-state index contributed by atoms with van der Waals surface area (Å²) in [6, 6.07) is 8.55. The molecule has 2 saturated heterocycles. The molecule has 152 valence electrons. The van der Waals surface area contributed by atoms with E-state index < -0.39 is 0 Å². The number of aromatic nitrogens is 4. The van der Waals surface area contributed by atoms with E-state index in [0.717, 1.165) is 80.5 Å². The van der Waals surface area contributed by atoms with E-state index in [1.54, 1.807) is 13.4 Å². The fourth-order valence-corrected chi connectivity index (χ4v) is 4.35. The standard InChI is InChI=1S/C21H26N6O2/c1-28-19-5-3-2-4-18(19)25-8-10-26(11-9-25)20-17-14-24-27(21(17)23-15-22-20)16-6-12-29-13-7-16/h2-5,14-16H,6-13H2,1H3. The molecule has 0 bridgehead atoms. The highest BCUT2D eigenvalue weighted by Gasteiger charge is 2.25. The van der Waals surface area contributed by atoms with Gasteiger partial charge < -0.3 is 19.3 Å². The Hall–Kier alpha value is -2.87. The molecule has 0 radical (unpaired) electrons. The number of hydrogen-bond acceptors (Lipinski definition) is 7. The molecule has 8 heteroatoms. The van der Waals surface area contributed by atoms with E-state index in [4.69, 9.17) is 9.47 Å². The molecule has 29 heavy (non-hydrogen) atoms. The van der Waals surface area contributed by atoms with Gasteiger partial charge in [-0.3, -0.25) is 0 Å². The second kappa shape index (κ2) is 7.87. The number of methoxy groups -OCH3 is 1. The third kappa shape index (κ3) is 3.37. The van der Waals surface area contributed by atoms with Crippen LogP contribution in [0.15, 0.2) is 36.8 Å². The van der Waals surface area contributed by atoms with Crippen LogP contribution in [-0.2, 0) is 4.74 Å². The van der Waals surface area contributed by atoms with E-state index in [-0.39, 0.29) is 0 Å². The van der Waals surface area contributed by atoms with Crippen molar-refractivity contribution in [3.8, 4) is 5.75 Å². The summed E-state index contributed by atoms with van der Waals surface area (Å²) in [4.78, 5) is 13.9. The highest BCUT2D eigenvalue weighted by molar-refractivity contribution is 5.87. The number of ether oxygens (including phenoxy) is 2. The van der Waals surface area contributed by atoms with Crippen molar-refractivity contribution in [3.63, 3.8) is 0 Å². The maximum atomic E-state index is 5.53. The summed E-state index contributed by atoms with van der Waals surface area (Å²) in [6.07, 6.45) is 5.55. The number of para-hydroxylation sites is 2. The Balaban J connectivity index is 1.36. The molecule has 4 heterocycles. The third-order valence-corrected chi connectivity index (χ3v) is 5.91. The van der Waals surface area contributed by atoms with Gasteiger partial charge in [0.05, 0.1) is 30.4 Å². The molecule has 3 aromatic rings. The van der Waals surface area contributed by atoms with Gasteiger partial charge in [0.1, 0.15) is 17.9 Å². The maximum absolute atomic E-state index is 5.53. The minimum absolute atomic E-state index is 0.353. The van der Waals surface area contributed by atoms with Crippen LogP contribution in [-0.4, -0.2) is 66.3 Å². The number of piperazine rings is 1. The molecular formula is C21H26N6O2. The number of hydrogen-bond donors (Lipinski definition) is 0. The quantitative estimate of drug-likeness (QED) is 0.673. The number of fused-ring (bicyclic) bond motifs is 1. The number of anilines is 2. The molecule has 0 aliphatic carbocycles. The number of benzene rings is 1. The first-order valence-corrected chi connectivity index (χ1v) is 10.2. The predicted octanol–water partition coefficient (Wildman–Crippen LogP) is 2.51. The van der Waals surface area contributed by atoms with Crippen molar-refractivity contribution in [2.24, 2.45) is 0 Å². The highest BCUT2D eigenvalue weighted by atomic mass is 16.5. The molecule has 1 aromatic carbocycles. The lowest BCUT2D eigenvalue weighted by Gasteiger charge is -2.37. The van der Waals surface area contributed by atoms with Gasteiger partial charge in [0.25, 0.3) is 0 Å². The average Bonchev–Trinajstić information content (AvgIpc) is 3.24. The Labute approximate surface area is 170 Å². The number of rotatable bonds is 4. The minimum atomic E-state index is 0.353. The van der Waals surface area contributed by atoms with Gasteiger partial charge >= 0.3 is 0 Å². The molecule has 5 rings (SSSR count). The molecule has 0 amide bonds. The molecule has 2 aliphatic heterocycles. The first kappa shape index (κ1) is 18.2. The predicted molar refractivity (Wildman–Crippen MR) is 112 cm³/mol. The summed E-state index contributed by atoms with van der Waals surface area (Å²) < 4.78 is 13.1. The Morgan fingerprint density at radius 3 is 2.55 bits per heavy atom. The monoisotopic (exact) mass is 394 g/mol. The molecule has 2 aliphatic rings. The largest absolute Gasteiger partial charge is 0.495 e. The lowest BCUT2D eigenvalue weighted by molar-refractivity contribution is 0.0673. The molecule has 2 fully saturated rings. The zero-order valence-corrected chi connectivity index (χ0v) is 16.7. The van der Waals surface area contributed by atoms with Gasteiger partial charge in [0.15, 0.2) is 5.65 Å². The van der Waals surface area contributed by atoms with Crippen LogP contribution >= 0.6 is 0 Å². The first-order valence-electron chi connectivity index (χ1n) is 10.2. The lowest BCUT2D eigenvalue weighted by Crippen LogP contribution is -2.47. The van der Waals surface area contributed by atoms with Gasteiger partial charge in [-0.15, -0.1) is 0 Å². The summed E-state index contributed by atoms with van der Waals surface area (Å²) >= 11 is 0. The second-order valence-corrected chi connectivity index (χ2v) is 7.51. The molecular weight excluding hydrogens is 368 g/mol. The van der Waals surface area contributed by atoms with Crippen molar-refractivity contribution < 1.29 is 9.47 Å². The van der Waals surface area contributed by atoms with Gasteiger partial charge in [-0.1, -0.05) is 12.1 Å². The van der Waals surface area contributed by atoms with Crippen LogP contribution in [0, 0.1) is 0 Å². The van der Waals surface area contributed by atoms with E-state index in [2.05, 4.69) is 41.7 Å². The van der Waals surface area contributed by atoms with Crippen molar-refractivity contribution in [1.82, 2.24) is 19.7 Å². The Morgan fingerprint density at radius 1 is 1.00 bits per heavy atom. The van der Waals surface area contributed by atoms with Gasteiger partial charge in [-0.05, 0) is 25.0 Å². The van der Waals surface area contributed by atoms with E-state index in [1.165, 1.54) is 0 Å². The van der Waals surface area contributed by atoms with Crippen molar-refractivity contribution in [2.75, 3.05) is 56.3 Å². The molecule has 0 saturated carbocycles. The number of nitrogens with zero attached hydrogens (tertiary/aromatic N) is 6. The van der Waals surface area contributed by atoms with Crippen molar-refractivity contribution >= 4 is 22.5 Å². The van der Waals surface area contributed by atoms with E-state index >= 15 is 0 Å². The van der Waals surface area contributed by atoms with Crippen LogP contribution in [0.4, 0.5) is 11.5 Å². The third-order valence-electron chi connectivity index (χ3n) is 5.91. The summed E-state index contributed by atoms with van der Waals surface area (Å²) in [5, 5.41) is 5.70. The summed E-state index contributed by atoms with van der Waals surface area (Å²) in [5.41, 5.74) is 2.07. The van der Waals surface area contributed by atoms with Crippen LogP contribution in [0.3, 0.4) is 0 Å². The van der Waals surface area contributed by atoms with Crippen LogP contribution < -0.4 is 14.5 Å². The van der Waals surface area contributed by atoms with Crippen molar-refractivity contribution in [1.29, 1.82) is 0 Å². The van der Waals surface area contributed by atoms with Gasteiger partial charge in [0, 0.05) is 39.4 Å². The Kier molecular flexibility index (Phi) is 4.93. The summed E-state index contributed by atoms with van der Waals surface area (Å²) in [7, 11) is 1.73. The summed E-state index contributed by atoms with van der Waals surface area (Å²) in [6.45, 7) is 5.20. The Morgan fingerprint density at radius 2 is 1.76 bits per heavy atom. The van der Waals surface area contributed by atoms with Crippen LogP contribution in [0.25, 0.3) is 11.0 Å². The highest BCUT2D eigenvalue weighted by Crippen LogP contribution is 2.31. The maximum Gasteiger partial charge on any atom is 0.163 e. The average molecular weight is 394 g/mol. The van der Waals surface area contributed by atoms with Gasteiger partial charge in [-0.25, -0.2) is 14.6 Å². The lowest BCUT2D eigenvalue weighted by atomic mass is 10.1. The van der Waals surface area contributed by atoms with Crippen LogP contribution in [0.5, 0.6) is 5.75 Å². The molecule has 0 atom stereocenters. The smallest absolute Gasteiger partial charge is 0.163 e. The van der Waals surface area contributed by atoms with Gasteiger partial charge in [0.2, 0.25) is 0 Å². The Bertz CT molecular complexity index is 976. The van der Waals surface area contributed by atoms with E-state index in [1.807, 2.05) is 18.3 Å². The van der Waals surface area contributed by atoms with Crippen LogP contribution in [0.2, 0.25) is 0 Å². The van der Waals surface area contributed by atoms with E-state index in [0.29, 0.717) is 6.04 Å². The summed E-state index contributed by atoms with van der Waals surface area (Å²) in [5.74, 6) is 1.90. The molecule has 2 aromatic heterocycles. The zero-order valence-electron chi connectivity index (χ0n) is 16.7. The normalized spacial score (nSPS) is 18.4. The molecule has 0 spiro atoms. The molecule has 0 N–H and O–H groups in total. The van der Waals surface area contributed by atoms with Crippen molar-refractivity contribution in [3.05, 3.63) is 36.8 Å². The second-order valence-electron chi connectivity index (χ2n) is 7.51. The van der Waals surface area contributed by atoms with Crippen molar-refractivity contribution in [2.45, 2.75) is 18.9 Å². The fraction of sp³-hybridized carbons (Fsp3) is 0.476. The van der Waals surface area contributed by atoms with E-state index in [9.17, 15) is 0 Å². The molecule has 0 unspecified atom stereocenters. The molecule has 8 nitrogen and oxygen atoms in total. The van der Waals surface area contributed by atoms with Crippen LogP contribution in [0.1, 0.15) is 18.9 Å². The zero-order chi connectivity index (χ0) is 19.6. The minimum Gasteiger partial charge on any atom is -0.495 e. The SMILES string of the molecule is COc1ccccc1N1CCN(c2ncnc3c2cnn3C2CCOCC2)CC1. The van der Waals surface area contributed by atoms with Gasteiger partial charge in [-0.2, -0.15) is 5.10 Å². The fourth-order valence-electron chi connectivity index (χ4n) is 4.35. The topological polar surface area (TPSA) is 68.5 Å². The first-order chi connectivity index (χ1) is 14.3.